The zero-order valence-electron chi connectivity index (χ0n) is 6.46. The molecule has 1 rings (SSSR count). The summed E-state index contributed by atoms with van der Waals surface area (Å²) in [5.74, 6) is 0. The van der Waals surface area contributed by atoms with Crippen LogP contribution in [0.1, 0.15) is 12.8 Å². The predicted molar refractivity (Wildman–Crippen MR) is 38.8 cm³/mol. The molecule has 0 atom stereocenters. The number of aliphatic hydroxyl groups is 2. The van der Waals surface area contributed by atoms with Crippen LogP contribution in [0.15, 0.2) is 0 Å². The fourth-order valence-electron chi connectivity index (χ4n) is 1.25. The summed E-state index contributed by atoms with van der Waals surface area (Å²) in [4.78, 5) is 1.76. The second kappa shape index (κ2) is 3.47. The average Bonchev–Trinajstić information content (AvgIpc) is 2.06. The third kappa shape index (κ3) is 2.12. The Morgan fingerprint density at radius 2 is 1.82 bits per heavy atom. The molecule has 0 spiro atoms. The summed E-state index contributed by atoms with van der Waals surface area (Å²) in [5.41, 5.74) is -1.40. The van der Waals surface area contributed by atoms with Crippen molar-refractivity contribution in [3.8, 4) is 0 Å². The Morgan fingerprint density at radius 1 is 1.27 bits per heavy atom. The number of likely N-dealkylation sites (tertiary alicyclic amines) is 1. The number of alkyl halides is 1. The molecule has 1 aliphatic heterocycles. The number of hydrogen-bond donors (Lipinski definition) is 2. The Morgan fingerprint density at radius 3 is 2.18 bits per heavy atom. The average molecular weight is 163 g/mol. The van der Waals surface area contributed by atoms with Crippen LogP contribution in [0.2, 0.25) is 0 Å². The van der Waals surface area contributed by atoms with Gasteiger partial charge in [-0.3, -0.25) is 4.90 Å². The molecular weight excluding hydrogens is 149 g/mol. The first-order valence-corrected chi connectivity index (χ1v) is 3.83. The Balaban J connectivity index is 2.35. The van der Waals surface area contributed by atoms with E-state index in [2.05, 4.69) is 0 Å². The number of rotatable bonds is 2. The van der Waals surface area contributed by atoms with Gasteiger partial charge in [-0.05, 0) is 12.8 Å². The van der Waals surface area contributed by atoms with Crippen molar-refractivity contribution in [1.29, 1.82) is 0 Å². The molecule has 0 saturated carbocycles. The van der Waals surface area contributed by atoms with Crippen molar-refractivity contribution in [3.63, 3.8) is 0 Å². The van der Waals surface area contributed by atoms with Gasteiger partial charge in [0.15, 0.2) is 0 Å². The van der Waals surface area contributed by atoms with Gasteiger partial charge in [-0.1, -0.05) is 0 Å². The maximum absolute atomic E-state index is 13.3. The Bertz CT molecular complexity index is 124. The lowest BCUT2D eigenvalue weighted by Crippen LogP contribution is -2.43. The van der Waals surface area contributed by atoms with Crippen molar-refractivity contribution >= 4 is 0 Å². The maximum atomic E-state index is 13.3. The third-order valence-corrected chi connectivity index (χ3v) is 2.24. The van der Waals surface area contributed by atoms with Gasteiger partial charge >= 0.3 is 0 Å². The van der Waals surface area contributed by atoms with Crippen LogP contribution < -0.4 is 0 Å². The normalized spacial score (nSPS) is 25.4. The molecule has 3 nitrogen and oxygen atoms in total. The first-order chi connectivity index (χ1) is 5.20. The van der Waals surface area contributed by atoms with E-state index in [0.717, 1.165) is 0 Å². The van der Waals surface area contributed by atoms with E-state index in [9.17, 15) is 4.39 Å². The van der Waals surface area contributed by atoms with E-state index in [-0.39, 0.29) is 6.73 Å². The van der Waals surface area contributed by atoms with Gasteiger partial charge in [0.2, 0.25) is 0 Å². The molecule has 4 heteroatoms. The third-order valence-electron chi connectivity index (χ3n) is 2.24. The molecule has 0 radical (unpaired) electrons. The summed E-state index contributed by atoms with van der Waals surface area (Å²) in [7, 11) is 0. The van der Waals surface area contributed by atoms with Crippen molar-refractivity contribution < 1.29 is 14.6 Å². The standard InChI is InChI=1S/C7H14FNO2/c8-7(5-10)1-3-9(6-11)4-2-7/h10-11H,1-6H2. The van der Waals surface area contributed by atoms with Crippen LogP contribution in [0.4, 0.5) is 4.39 Å². The zero-order valence-corrected chi connectivity index (χ0v) is 6.46. The Labute approximate surface area is 65.4 Å². The summed E-state index contributed by atoms with van der Waals surface area (Å²) in [5, 5.41) is 17.3. The number of piperidine rings is 1. The second-order valence-electron chi connectivity index (χ2n) is 3.07. The highest BCUT2D eigenvalue weighted by Gasteiger charge is 2.33. The van der Waals surface area contributed by atoms with Gasteiger partial charge in [-0.15, -0.1) is 0 Å². The van der Waals surface area contributed by atoms with E-state index in [4.69, 9.17) is 10.2 Å². The van der Waals surface area contributed by atoms with Crippen molar-refractivity contribution in [2.75, 3.05) is 26.4 Å². The molecule has 0 aromatic rings. The van der Waals surface area contributed by atoms with Crippen molar-refractivity contribution in [3.05, 3.63) is 0 Å². The highest BCUT2D eigenvalue weighted by atomic mass is 19.1. The first kappa shape index (κ1) is 8.90. The van der Waals surface area contributed by atoms with Crippen molar-refractivity contribution in [2.24, 2.45) is 0 Å². The predicted octanol–water partition coefficient (Wildman–Crippen LogP) is -0.267. The zero-order chi connectivity index (χ0) is 8.32. The van der Waals surface area contributed by atoms with E-state index in [1.807, 2.05) is 0 Å². The molecule has 66 valence electrons. The molecule has 0 unspecified atom stereocenters. The number of halogens is 1. The van der Waals surface area contributed by atoms with Gasteiger partial charge in [0.1, 0.15) is 5.67 Å². The molecule has 1 aliphatic rings. The van der Waals surface area contributed by atoms with Gasteiger partial charge in [-0.2, -0.15) is 0 Å². The fraction of sp³-hybridized carbons (Fsp3) is 1.00. The fourth-order valence-corrected chi connectivity index (χ4v) is 1.25. The maximum Gasteiger partial charge on any atom is 0.136 e. The molecule has 0 aromatic heterocycles. The minimum atomic E-state index is -1.40. The molecule has 1 heterocycles. The van der Waals surface area contributed by atoms with E-state index >= 15 is 0 Å². The molecular formula is C7H14FNO2. The van der Waals surface area contributed by atoms with Crippen LogP contribution in [0.3, 0.4) is 0 Å². The summed E-state index contributed by atoms with van der Waals surface area (Å²) in [6.07, 6.45) is 0.647. The molecule has 0 aromatic carbocycles. The quantitative estimate of drug-likeness (QED) is 0.589. The number of nitrogens with zero attached hydrogens (tertiary/aromatic N) is 1. The van der Waals surface area contributed by atoms with Crippen LogP contribution in [-0.2, 0) is 0 Å². The number of aliphatic hydroxyl groups excluding tert-OH is 2. The molecule has 0 amide bonds. The lowest BCUT2D eigenvalue weighted by atomic mass is 9.95. The minimum absolute atomic E-state index is 0.0124. The van der Waals surface area contributed by atoms with Gasteiger partial charge in [0.25, 0.3) is 0 Å². The van der Waals surface area contributed by atoms with Crippen LogP contribution in [0.25, 0.3) is 0 Å². The van der Waals surface area contributed by atoms with Crippen LogP contribution in [0, 0.1) is 0 Å². The highest BCUT2D eigenvalue weighted by Crippen LogP contribution is 2.25. The van der Waals surface area contributed by atoms with Crippen molar-refractivity contribution in [1.82, 2.24) is 4.90 Å². The first-order valence-electron chi connectivity index (χ1n) is 3.83. The Hall–Kier alpha value is -0.190. The molecule has 0 aliphatic carbocycles. The van der Waals surface area contributed by atoms with Gasteiger partial charge < -0.3 is 10.2 Å². The van der Waals surface area contributed by atoms with Gasteiger partial charge in [-0.25, -0.2) is 4.39 Å². The number of hydrogen-bond acceptors (Lipinski definition) is 3. The summed E-state index contributed by atoms with van der Waals surface area (Å²) in [6, 6.07) is 0. The second-order valence-corrected chi connectivity index (χ2v) is 3.07. The topological polar surface area (TPSA) is 43.7 Å². The smallest absolute Gasteiger partial charge is 0.136 e. The molecule has 11 heavy (non-hydrogen) atoms. The van der Waals surface area contributed by atoms with Crippen LogP contribution in [-0.4, -0.2) is 47.2 Å². The lowest BCUT2D eigenvalue weighted by Gasteiger charge is -2.33. The van der Waals surface area contributed by atoms with Gasteiger partial charge in [0.05, 0.1) is 13.3 Å². The van der Waals surface area contributed by atoms with E-state index in [1.165, 1.54) is 0 Å². The largest absolute Gasteiger partial charge is 0.393 e. The van der Waals surface area contributed by atoms with Crippen LogP contribution >= 0.6 is 0 Å². The molecule has 2 N–H and O–H groups in total. The highest BCUT2D eigenvalue weighted by molar-refractivity contribution is 4.84. The molecule has 1 fully saturated rings. The monoisotopic (exact) mass is 163 g/mol. The summed E-state index contributed by atoms with van der Waals surface area (Å²) < 4.78 is 13.3. The SMILES string of the molecule is OCN1CCC(F)(CO)CC1. The van der Waals surface area contributed by atoms with Crippen LogP contribution in [0.5, 0.6) is 0 Å². The lowest BCUT2D eigenvalue weighted by molar-refractivity contribution is -0.0147. The van der Waals surface area contributed by atoms with E-state index in [0.29, 0.717) is 25.9 Å². The minimum Gasteiger partial charge on any atom is -0.393 e. The summed E-state index contributed by atoms with van der Waals surface area (Å²) >= 11 is 0. The Kier molecular flexibility index (Phi) is 2.81. The van der Waals surface area contributed by atoms with Crippen molar-refractivity contribution in [2.45, 2.75) is 18.5 Å². The molecule has 0 bridgehead atoms. The van der Waals surface area contributed by atoms with E-state index in [1.54, 1.807) is 4.90 Å². The van der Waals surface area contributed by atoms with Gasteiger partial charge in [0, 0.05) is 13.1 Å². The molecule has 1 saturated heterocycles. The summed E-state index contributed by atoms with van der Waals surface area (Å²) in [6.45, 7) is 0.662. The van der Waals surface area contributed by atoms with E-state index < -0.39 is 12.3 Å².